The van der Waals surface area contributed by atoms with Crippen LogP contribution in [-0.4, -0.2) is 69.8 Å². The number of nitrogens with one attached hydrogen (secondary N) is 2. The third kappa shape index (κ3) is 7.68. The number of rotatable bonds is 12. The molecule has 2 heterocycles. The molecule has 4 N–H and O–H groups in total. The van der Waals surface area contributed by atoms with Crippen LogP contribution in [0.15, 0.2) is 59.6 Å². The lowest BCUT2D eigenvalue weighted by atomic mass is 10.0. The Kier molecular flexibility index (Phi) is 10.7. The Balaban J connectivity index is 1.82. The van der Waals surface area contributed by atoms with Gasteiger partial charge in [-0.05, 0) is 72.4 Å². The highest BCUT2D eigenvalue weighted by molar-refractivity contribution is 7.91. The lowest BCUT2D eigenvalue weighted by Crippen LogP contribution is -2.38. The minimum atomic E-state index is -3.76. The van der Waals surface area contributed by atoms with Crippen molar-refractivity contribution in [3.63, 3.8) is 0 Å². The van der Waals surface area contributed by atoms with E-state index in [2.05, 4.69) is 15.6 Å². The molecule has 0 radical (unpaired) electrons. The van der Waals surface area contributed by atoms with Crippen LogP contribution in [0.3, 0.4) is 0 Å². The van der Waals surface area contributed by atoms with E-state index >= 15 is 0 Å². The number of anilines is 2. The molecule has 3 aromatic rings. The van der Waals surface area contributed by atoms with Crippen molar-refractivity contribution in [2.24, 2.45) is 11.7 Å². The van der Waals surface area contributed by atoms with E-state index in [1.165, 1.54) is 45.7 Å². The number of sulfone groups is 1. The molecule has 1 fully saturated rings. The number of aromatic nitrogens is 1. The molecule has 1 aliphatic rings. The Morgan fingerprint density at radius 3 is 2.39 bits per heavy atom. The molecule has 3 amide bonds. The van der Waals surface area contributed by atoms with Crippen molar-refractivity contribution < 1.29 is 37.0 Å². The van der Waals surface area contributed by atoms with Crippen molar-refractivity contribution >= 4 is 39.1 Å². The van der Waals surface area contributed by atoms with Crippen LogP contribution < -0.4 is 25.8 Å². The molecule has 2 aromatic carbocycles. The van der Waals surface area contributed by atoms with E-state index in [1.807, 2.05) is 13.8 Å². The van der Waals surface area contributed by atoms with E-state index in [0.29, 0.717) is 53.4 Å². The lowest BCUT2D eigenvalue weighted by molar-refractivity contribution is -0.133. The van der Waals surface area contributed by atoms with Crippen molar-refractivity contribution in [2.45, 2.75) is 43.7 Å². The number of benzene rings is 2. The van der Waals surface area contributed by atoms with E-state index < -0.39 is 33.9 Å². The molecule has 1 aromatic heterocycles. The van der Waals surface area contributed by atoms with Gasteiger partial charge in [0, 0.05) is 24.1 Å². The van der Waals surface area contributed by atoms with Gasteiger partial charge in [0.15, 0.2) is 21.3 Å². The highest BCUT2D eigenvalue weighted by Crippen LogP contribution is 2.40. The monoisotopic (exact) mass is 653 g/mol. The Bertz CT molecular complexity index is 1710. The van der Waals surface area contributed by atoms with Crippen LogP contribution in [0.5, 0.6) is 11.5 Å². The Hall–Kier alpha value is -4.85. The number of carbonyl (C=O) groups is 3. The molecule has 2 atom stereocenters. The second kappa shape index (κ2) is 14.5. The summed E-state index contributed by atoms with van der Waals surface area (Å²) in [4.78, 5) is 44.2. The second-order valence-electron chi connectivity index (χ2n) is 11.2. The first-order chi connectivity index (χ1) is 21.9. The first-order valence-electron chi connectivity index (χ1n) is 14.6. The van der Waals surface area contributed by atoms with E-state index in [1.54, 1.807) is 35.2 Å². The fraction of sp³-hybridized carbons (Fsp3) is 0.375. The maximum absolute atomic E-state index is 14.6. The van der Waals surface area contributed by atoms with Crippen LogP contribution in [0, 0.1) is 5.92 Å². The van der Waals surface area contributed by atoms with Gasteiger partial charge in [0.2, 0.25) is 5.91 Å². The summed E-state index contributed by atoms with van der Waals surface area (Å²) in [7, 11) is 0.460. The van der Waals surface area contributed by atoms with Crippen LogP contribution in [0.1, 0.15) is 60.4 Å². The summed E-state index contributed by atoms with van der Waals surface area (Å²) in [5, 5.41) is 5.81. The molecule has 0 spiro atoms. The second-order valence-corrected chi connectivity index (χ2v) is 13.2. The highest BCUT2D eigenvalue weighted by Gasteiger charge is 2.38. The molecule has 4 rings (SSSR count). The van der Waals surface area contributed by atoms with Crippen LogP contribution in [0.2, 0.25) is 0 Å². The Morgan fingerprint density at radius 1 is 1.00 bits per heavy atom. The zero-order chi connectivity index (χ0) is 33.6. The predicted octanol–water partition coefficient (Wildman–Crippen LogP) is 4.32. The molecule has 14 heteroatoms. The van der Waals surface area contributed by atoms with Gasteiger partial charge in [-0.2, -0.15) is 0 Å². The minimum absolute atomic E-state index is 0.0116. The zero-order valence-electron chi connectivity index (χ0n) is 26.4. The zero-order valence-corrected chi connectivity index (χ0v) is 27.2. The van der Waals surface area contributed by atoms with Crippen LogP contribution in [-0.2, 0) is 19.4 Å². The van der Waals surface area contributed by atoms with E-state index in [-0.39, 0.29) is 28.2 Å². The number of carbonyl (C=O) groups excluding carboxylic acids is 3. The lowest BCUT2D eigenvalue weighted by Gasteiger charge is -2.31. The normalized spacial score (nSPS) is 15.3. The van der Waals surface area contributed by atoms with Crippen LogP contribution in [0.25, 0.3) is 0 Å². The fourth-order valence-electron chi connectivity index (χ4n) is 5.53. The number of nitrogens with zero attached hydrogens (tertiary/aromatic N) is 2. The number of hydrogen-bond acceptors (Lipinski definition) is 10. The number of likely N-dealkylation sites (tertiary alicyclic amines) is 1. The average molecular weight is 654 g/mol. The van der Waals surface area contributed by atoms with Gasteiger partial charge in [-0.1, -0.05) is 19.9 Å². The maximum Gasteiger partial charge on any atom is 0.411 e. The van der Waals surface area contributed by atoms with Crippen molar-refractivity contribution in [1.82, 2.24) is 9.88 Å². The summed E-state index contributed by atoms with van der Waals surface area (Å²) < 4.78 is 42.8. The first-order valence-corrected chi connectivity index (χ1v) is 16.3. The smallest absolute Gasteiger partial charge is 0.411 e. The van der Waals surface area contributed by atoms with E-state index in [4.69, 9.17) is 19.9 Å². The van der Waals surface area contributed by atoms with Crippen molar-refractivity contribution in [3.8, 4) is 11.5 Å². The largest absolute Gasteiger partial charge is 0.493 e. The van der Waals surface area contributed by atoms with Gasteiger partial charge in [-0.3, -0.25) is 19.9 Å². The van der Waals surface area contributed by atoms with E-state index in [0.717, 1.165) is 0 Å². The quantitative estimate of drug-likeness (QED) is 0.255. The number of hydrogen-bond donors (Lipinski definition) is 3. The molecule has 0 aliphatic carbocycles. The van der Waals surface area contributed by atoms with Gasteiger partial charge in [0.25, 0.3) is 5.91 Å². The summed E-state index contributed by atoms with van der Waals surface area (Å²) in [5.41, 5.74) is 7.13. The topological polar surface area (TPSA) is 179 Å². The third-order valence-corrected chi connectivity index (χ3v) is 9.68. The molecule has 1 aliphatic heterocycles. The standard InChI is InChI=1S/C32H39N5O8S/c1-19(2)18-46(41,42)28-11-9-21(36-32(40)45-5)16-23(28)25-7-6-14-37(25)31(39)29(20-8-10-26(43-3)27(15-20)44-4)35-22-12-13-34-24(17-22)30(33)38/h8-13,15-17,19,25,29H,6-7,14,18H2,1-5H3,(H2,33,38)(H,34,35)(H,36,40)/t25-,29-/m1/s1. The number of nitrogens with two attached hydrogens (primary N) is 1. The molecule has 0 saturated carbocycles. The van der Waals surface area contributed by atoms with Crippen molar-refractivity contribution in [1.29, 1.82) is 0 Å². The van der Waals surface area contributed by atoms with Crippen LogP contribution in [0.4, 0.5) is 16.2 Å². The summed E-state index contributed by atoms with van der Waals surface area (Å²) in [6.45, 7) is 3.98. The molecular formula is C32H39N5O8S. The SMILES string of the molecule is COC(=O)Nc1ccc(S(=O)(=O)CC(C)C)c([C@H]2CCCN2C(=O)[C@H](Nc2ccnc(C(N)=O)c2)c2ccc(OC)c(OC)c2)c1. The molecular weight excluding hydrogens is 614 g/mol. The first kappa shape index (κ1) is 34.0. The Labute approximate surface area is 268 Å². The van der Waals surface area contributed by atoms with Gasteiger partial charge in [-0.25, -0.2) is 13.2 Å². The fourth-order valence-corrected chi connectivity index (χ4v) is 7.42. The summed E-state index contributed by atoms with van der Waals surface area (Å²) in [6, 6.07) is 11.0. The Morgan fingerprint density at radius 2 is 1.74 bits per heavy atom. The summed E-state index contributed by atoms with van der Waals surface area (Å²) >= 11 is 0. The van der Waals surface area contributed by atoms with Crippen molar-refractivity contribution in [3.05, 3.63) is 71.5 Å². The number of pyridine rings is 1. The molecule has 46 heavy (non-hydrogen) atoms. The molecule has 1 saturated heterocycles. The number of amides is 3. The summed E-state index contributed by atoms with van der Waals surface area (Å²) in [5.74, 6) is -0.459. The number of primary amides is 1. The highest BCUT2D eigenvalue weighted by atomic mass is 32.2. The van der Waals surface area contributed by atoms with Crippen LogP contribution >= 0.6 is 0 Å². The number of methoxy groups -OCH3 is 3. The van der Waals surface area contributed by atoms with Gasteiger partial charge < -0.3 is 30.2 Å². The van der Waals surface area contributed by atoms with Gasteiger partial charge in [0.1, 0.15) is 11.7 Å². The van der Waals surface area contributed by atoms with Crippen molar-refractivity contribution in [2.75, 3.05) is 44.3 Å². The summed E-state index contributed by atoms with van der Waals surface area (Å²) in [6.07, 6.45) is 1.78. The van der Waals surface area contributed by atoms with Gasteiger partial charge in [0.05, 0.1) is 38.0 Å². The number of ether oxygens (including phenoxy) is 3. The average Bonchev–Trinajstić information content (AvgIpc) is 3.52. The minimum Gasteiger partial charge on any atom is -0.493 e. The third-order valence-electron chi connectivity index (χ3n) is 7.54. The molecule has 0 unspecified atom stereocenters. The van der Waals surface area contributed by atoms with Gasteiger partial charge >= 0.3 is 6.09 Å². The maximum atomic E-state index is 14.6. The molecule has 246 valence electrons. The van der Waals surface area contributed by atoms with E-state index in [9.17, 15) is 22.8 Å². The molecule has 0 bridgehead atoms. The van der Waals surface area contributed by atoms with Gasteiger partial charge in [-0.15, -0.1) is 0 Å². The molecule has 13 nitrogen and oxygen atoms in total. The predicted molar refractivity (Wildman–Crippen MR) is 172 cm³/mol.